The third-order valence-corrected chi connectivity index (χ3v) is 5.17. The van der Waals surface area contributed by atoms with Gasteiger partial charge in [-0.25, -0.2) is 4.98 Å². The van der Waals surface area contributed by atoms with Crippen LogP contribution in [0.3, 0.4) is 0 Å². The Bertz CT molecular complexity index is 1160. The van der Waals surface area contributed by atoms with Gasteiger partial charge in [0.05, 0.1) is 5.69 Å². The van der Waals surface area contributed by atoms with Gasteiger partial charge in [-0.2, -0.15) is 5.10 Å². The van der Waals surface area contributed by atoms with Crippen LogP contribution in [-0.4, -0.2) is 21.1 Å². The number of carbonyl (C=O) groups is 1. The smallest absolute Gasteiger partial charge is 0.221 e. The molecular formula is C23H21N5OS. The Morgan fingerprint density at radius 1 is 0.967 bits per heavy atom. The van der Waals surface area contributed by atoms with Crippen LogP contribution in [0.2, 0.25) is 0 Å². The van der Waals surface area contributed by atoms with Crippen LogP contribution in [0, 0.1) is 6.92 Å². The second kappa shape index (κ2) is 8.84. The predicted molar refractivity (Wildman–Crippen MR) is 121 cm³/mol. The normalized spacial score (nSPS) is 10.6. The quantitative estimate of drug-likeness (QED) is 0.380. The van der Waals surface area contributed by atoms with Crippen molar-refractivity contribution in [2.24, 2.45) is 0 Å². The van der Waals surface area contributed by atoms with Gasteiger partial charge < -0.3 is 10.6 Å². The van der Waals surface area contributed by atoms with Gasteiger partial charge in [-0.15, -0.1) is 0 Å². The molecule has 2 aromatic heterocycles. The zero-order valence-corrected chi connectivity index (χ0v) is 17.5. The maximum atomic E-state index is 11.2. The van der Waals surface area contributed by atoms with E-state index in [0.717, 1.165) is 44.1 Å². The lowest BCUT2D eigenvalue weighted by molar-refractivity contribution is -0.114. The van der Waals surface area contributed by atoms with Crippen molar-refractivity contribution in [1.29, 1.82) is 0 Å². The first-order chi connectivity index (χ1) is 14.5. The van der Waals surface area contributed by atoms with Gasteiger partial charge in [0, 0.05) is 40.5 Å². The highest BCUT2D eigenvalue weighted by Gasteiger charge is 2.09. The first-order valence-corrected chi connectivity index (χ1v) is 10.3. The molecule has 2 heterocycles. The molecule has 4 rings (SSSR count). The molecule has 0 atom stereocenters. The number of aryl methyl sites for hydroxylation is 1. The fourth-order valence-corrected chi connectivity index (χ4v) is 3.79. The second-order valence-corrected chi connectivity index (χ2v) is 7.91. The topological polar surface area (TPSA) is 82.7 Å². The summed E-state index contributed by atoms with van der Waals surface area (Å²) < 4.78 is 0. The van der Waals surface area contributed by atoms with E-state index >= 15 is 0 Å². The average molecular weight is 416 g/mol. The summed E-state index contributed by atoms with van der Waals surface area (Å²) in [5, 5.41) is 14.2. The number of nitrogens with zero attached hydrogens (tertiary/aromatic N) is 2. The van der Waals surface area contributed by atoms with E-state index in [1.807, 2.05) is 79.7 Å². The van der Waals surface area contributed by atoms with E-state index in [1.165, 1.54) is 6.92 Å². The number of anilines is 3. The summed E-state index contributed by atoms with van der Waals surface area (Å²) in [6.07, 6.45) is 0. The van der Waals surface area contributed by atoms with Crippen molar-refractivity contribution in [3.8, 4) is 11.3 Å². The van der Waals surface area contributed by atoms with Crippen molar-refractivity contribution in [1.82, 2.24) is 15.2 Å². The average Bonchev–Trinajstić information content (AvgIpc) is 3.14. The molecule has 7 heteroatoms. The number of benzene rings is 2. The van der Waals surface area contributed by atoms with Gasteiger partial charge >= 0.3 is 0 Å². The van der Waals surface area contributed by atoms with Gasteiger partial charge in [0.15, 0.2) is 5.82 Å². The highest BCUT2D eigenvalue weighted by atomic mass is 32.2. The number of H-pyrrole nitrogens is 1. The molecule has 30 heavy (non-hydrogen) atoms. The third-order valence-electron chi connectivity index (χ3n) is 4.25. The summed E-state index contributed by atoms with van der Waals surface area (Å²) >= 11 is 1.56. The molecule has 0 radical (unpaired) electrons. The summed E-state index contributed by atoms with van der Waals surface area (Å²) in [4.78, 5) is 17.1. The minimum absolute atomic E-state index is 0.0862. The Labute approximate surface area is 179 Å². The van der Waals surface area contributed by atoms with Gasteiger partial charge in [-0.3, -0.25) is 9.89 Å². The van der Waals surface area contributed by atoms with E-state index < -0.39 is 0 Å². The first-order valence-electron chi connectivity index (χ1n) is 9.47. The number of hydrogen-bond acceptors (Lipinski definition) is 5. The molecule has 2 aromatic carbocycles. The van der Waals surface area contributed by atoms with Crippen molar-refractivity contribution in [3.63, 3.8) is 0 Å². The second-order valence-electron chi connectivity index (χ2n) is 6.81. The molecule has 0 saturated heterocycles. The molecule has 150 valence electrons. The zero-order chi connectivity index (χ0) is 20.9. The van der Waals surface area contributed by atoms with E-state index in [0.29, 0.717) is 0 Å². The van der Waals surface area contributed by atoms with E-state index in [-0.39, 0.29) is 5.91 Å². The predicted octanol–water partition coefficient (Wildman–Crippen LogP) is 5.63. The number of hydrogen-bond donors (Lipinski definition) is 3. The maximum absolute atomic E-state index is 11.2. The van der Waals surface area contributed by atoms with Crippen molar-refractivity contribution in [2.45, 2.75) is 23.8 Å². The minimum Gasteiger partial charge on any atom is -0.339 e. The van der Waals surface area contributed by atoms with Gasteiger partial charge in [-0.1, -0.05) is 42.1 Å². The molecule has 0 saturated carbocycles. The molecule has 0 aliphatic heterocycles. The van der Waals surface area contributed by atoms with E-state index in [1.54, 1.807) is 11.8 Å². The molecule has 1 amide bonds. The Morgan fingerprint density at radius 2 is 1.73 bits per heavy atom. The number of pyridine rings is 1. The summed E-state index contributed by atoms with van der Waals surface area (Å²) in [5.74, 6) is 0.672. The Morgan fingerprint density at radius 3 is 2.40 bits per heavy atom. The molecule has 0 spiro atoms. The molecule has 4 aromatic rings. The van der Waals surface area contributed by atoms with Gasteiger partial charge in [-0.05, 0) is 43.3 Å². The van der Waals surface area contributed by atoms with Crippen LogP contribution >= 0.6 is 11.8 Å². The lowest BCUT2D eigenvalue weighted by atomic mass is 10.1. The summed E-state index contributed by atoms with van der Waals surface area (Å²) in [6, 6.07) is 23.8. The van der Waals surface area contributed by atoms with Crippen LogP contribution in [0.5, 0.6) is 0 Å². The Hall–Kier alpha value is -3.58. The number of rotatable bonds is 6. The van der Waals surface area contributed by atoms with Gasteiger partial charge in [0.1, 0.15) is 5.03 Å². The minimum atomic E-state index is -0.0862. The number of nitrogens with one attached hydrogen (secondary N) is 3. The molecule has 3 N–H and O–H groups in total. The van der Waals surface area contributed by atoms with Gasteiger partial charge in [0.25, 0.3) is 0 Å². The molecule has 0 fully saturated rings. The van der Waals surface area contributed by atoms with Crippen LogP contribution in [-0.2, 0) is 4.79 Å². The lowest BCUT2D eigenvalue weighted by Gasteiger charge is -2.10. The van der Waals surface area contributed by atoms with Gasteiger partial charge in [0.2, 0.25) is 5.91 Å². The Balaban J connectivity index is 1.64. The van der Waals surface area contributed by atoms with Crippen molar-refractivity contribution >= 4 is 34.9 Å². The third kappa shape index (κ3) is 5.07. The number of amides is 1. The number of aromatic amines is 1. The molecule has 0 aliphatic rings. The van der Waals surface area contributed by atoms with Crippen LogP contribution in [0.1, 0.15) is 12.6 Å². The van der Waals surface area contributed by atoms with E-state index in [9.17, 15) is 4.79 Å². The molecule has 0 bridgehead atoms. The van der Waals surface area contributed by atoms with Crippen molar-refractivity contribution in [3.05, 3.63) is 78.5 Å². The van der Waals surface area contributed by atoms with E-state index in [2.05, 4.69) is 20.8 Å². The maximum Gasteiger partial charge on any atom is 0.221 e. The number of carbonyl (C=O) groups excluding carboxylic acids is 1. The fourth-order valence-electron chi connectivity index (χ4n) is 2.95. The molecular weight excluding hydrogens is 394 g/mol. The molecule has 0 aliphatic carbocycles. The van der Waals surface area contributed by atoms with Crippen molar-refractivity contribution < 1.29 is 4.79 Å². The largest absolute Gasteiger partial charge is 0.339 e. The highest BCUT2D eigenvalue weighted by molar-refractivity contribution is 7.99. The fraction of sp³-hybridized carbons (Fsp3) is 0.0870. The van der Waals surface area contributed by atoms with Crippen LogP contribution in [0.4, 0.5) is 17.2 Å². The summed E-state index contributed by atoms with van der Waals surface area (Å²) in [5.41, 5.74) is 4.60. The molecule has 0 unspecified atom stereocenters. The zero-order valence-electron chi connectivity index (χ0n) is 16.6. The SMILES string of the molecule is CC(=O)Nc1ccc(Sc2cc(Nc3cc(C)[nH]n3)cc(-c3ccccc3)n2)cc1. The van der Waals surface area contributed by atoms with Crippen LogP contribution in [0.15, 0.2) is 82.7 Å². The monoisotopic (exact) mass is 415 g/mol. The standard InChI is InChI=1S/C23H21N5OS/c1-15-12-22(28-27-15)25-19-13-21(17-6-4-3-5-7-17)26-23(14-19)30-20-10-8-18(9-11-20)24-16(2)29/h3-14H,1-2H3,(H,24,29)(H2,25,26,27,28). The Kier molecular flexibility index (Phi) is 5.81. The van der Waals surface area contributed by atoms with Crippen molar-refractivity contribution in [2.75, 3.05) is 10.6 Å². The lowest BCUT2D eigenvalue weighted by Crippen LogP contribution is -2.05. The summed E-state index contributed by atoms with van der Waals surface area (Å²) in [7, 11) is 0. The molecule has 6 nitrogen and oxygen atoms in total. The van der Waals surface area contributed by atoms with E-state index in [4.69, 9.17) is 4.98 Å². The van der Waals surface area contributed by atoms with Crippen LogP contribution < -0.4 is 10.6 Å². The summed E-state index contributed by atoms with van der Waals surface area (Å²) in [6.45, 7) is 3.46. The van der Waals surface area contributed by atoms with Crippen LogP contribution in [0.25, 0.3) is 11.3 Å². The highest BCUT2D eigenvalue weighted by Crippen LogP contribution is 2.32. The first kappa shape index (κ1) is 19.7. The number of aromatic nitrogens is 3.